The summed E-state index contributed by atoms with van der Waals surface area (Å²) in [4.78, 5) is 11.3. The first-order valence-electron chi connectivity index (χ1n) is 6.04. The summed E-state index contributed by atoms with van der Waals surface area (Å²) >= 11 is 0. The summed E-state index contributed by atoms with van der Waals surface area (Å²) in [5, 5.41) is 9.31. The summed E-state index contributed by atoms with van der Waals surface area (Å²) in [5.74, 6) is -0.681. The Morgan fingerprint density at radius 1 is 1.28 bits per heavy atom. The van der Waals surface area contributed by atoms with Gasteiger partial charge in [0.2, 0.25) is 0 Å². The highest BCUT2D eigenvalue weighted by Gasteiger charge is 2.21. The van der Waals surface area contributed by atoms with Crippen molar-refractivity contribution in [2.75, 3.05) is 0 Å². The Kier molecular flexibility index (Phi) is 3.82. The lowest BCUT2D eigenvalue weighted by Crippen LogP contribution is -2.14. The van der Waals surface area contributed by atoms with E-state index < -0.39 is 11.9 Å². The Morgan fingerprint density at radius 3 is 2.50 bits per heavy atom. The van der Waals surface area contributed by atoms with Crippen LogP contribution >= 0.6 is 0 Å². The molecule has 1 heterocycles. The molecule has 94 valence electrons. The zero-order valence-electron chi connectivity index (χ0n) is 10.3. The van der Waals surface area contributed by atoms with E-state index in [2.05, 4.69) is 6.92 Å². The van der Waals surface area contributed by atoms with Crippen LogP contribution in [0, 0.1) is 0 Å². The minimum atomic E-state index is -0.823. The molecule has 1 atom stereocenters. The molecule has 0 bridgehead atoms. The zero-order chi connectivity index (χ0) is 13.0. The molecule has 0 saturated heterocycles. The molecule has 0 spiro atoms. The second kappa shape index (κ2) is 5.54. The molecule has 0 radical (unpaired) electrons. The van der Waals surface area contributed by atoms with E-state index in [-0.39, 0.29) is 0 Å². The lowest BCUT2D eigenvalue weighted by Gasteiger charge is -2.11. The maximum absolute atomic E-state index is 11.3. The second-order valence-corrected chi connectivity index (χ2v) is 4.27. The Labute approximate surface area is 106 Å². The average molecular weight is 244 g/mol. The molecule has 2 aromatic rings. The minimum absolute atomic E-state index is 0.383. The molecule has 1 unspecified atom stereocenters. The number of benzene rings is 1. The van der Waals surface area contributed by atoms with Gasteiger partial charge in [0.15, 0.2) is 0 Å². The van der Waals surface area contributed by atoms with Crippen LogP contribution in [0.25, 0.3) is 0 Å². The van der Waals surface area contributed by atoms with Crippen LogP contribution in [0.3, 0.4) is 0 Å². The van der Waals surface area contributed by atoms with Crippen molar-refractivity contribution >= 4 is 5.97 Å². The third-order valence-electron chi connectivity index (χ3n) is 3.07. The Morgan fingerprint density at radius 2 is 2.00 bits per heavy atom. The molecule has 2 rings (SSSR count). The molecule has 18 heavy (non-hydrogen) atoms. The third kappa shape index (κ3) is 2.80. The molecular formula is C15H16O3. The number of aliphatic carboxylic acids is 1. The fourth-order valence-electron chi connectivity index (χ4n) is 1.96. The van der Waals surface area contributed by atoms with Crippen LogP contribution in [0.5, 0.6) is 0 Å². The van der Waals surface area contributed by atoms with Crippen molar-refractivity contribution in [2.24, 2.45) is 0 Å². The standard InChI is InChI=1S/C15H16O3/c1-2-11-5-7-12(8-6-11)14(15(16)17)10-13-4-3-9-18-13/h3-9,14H,2,10H2,1H3,(H,16,17). The molecule has 3 heteroatoms. The number of aryl methyl sites for hydroxylation is 1. The summed E-state index contributed by atoms with van der Waals surface area (Å²) in [7, 11) is 0. The van der Waals surface area contributed by atoms with E-state index >= 15 is 0 Å². The normalized spacial score (nSPS) is 12.3. The van der Waals surface area contributed by atoms with Gasteiger partial charge in [0, 0.05) is 6.42 Å². The van der Waals surface area contributed by atoms with Gasteiger partial charge in [0.1, 0.15) is 5.76 Å². The van der Waals surface area contributed by atoms with Crippen LogP contribution < -0.4 is 0 Å². The van der Waals surface area contributed by atoms with Gasteiger partial charge in [-0.1, -0.05) is 31.2 Å². The van der Waals surface area contributed by atoms with Crippen LogP contribution in [0.15, 0.2) is 47.1 Å². The van der Waals surface area contributed by atoms with Gasteiger partial charge in [-0.15, -0.1) is 0 Å². The van der Waals surface area contributed by atoms with E-state index in [9.17, 15) is 9.90 Å². The molecule has 1 aromatic carbocycles. The minimum Gasteiger partial charge on any atom is -0.481 e. The van der Waals surface area contributed by atoms with Crippen molar-refractivity contribution in [3.8, 4) is 0 Å². The van der Waals surface area contributed by atoms with Gasteiger partial charge in [-0.2, -0.15) is 0 Å². The molecule has 0 aliphatic rings. The fourth-order valence-corrected chi connectivity index (χ4v) is 1.96. The first-order valence-corrected chi connectivity index (χ1v) is 6.04. The molecule has 0 amide bonds. The molecule has 1 N–H and O–H groups in total. The fraction of sp³-hybridized carbons (Fsp3) is 0.267. The zero-order valence-corrected chi connectivity index (χ0v) is 10.3. The van der Waals surface area contributed by atoms with Gasteiger partial charge in [0.25, 0.3) is 0 Å². The van der Waals surface area contributed by atoms with Gasteiger partial charge < -0.3 is 9.52 Å². The number of carboxylic acid groups (broad SMARTS) is 1. The number of carbonyl (C=O) groups is 1. The summed E-state index contributed by atoms with van der Waals surface area (Å²) in [6.07, 6.45) is 2.90. The molecular weight excluding hydrogens is 228 g/mol. The van der Waals surface area contributed by atoms with Crippen molar-refractivity contribution < 1.29 is 14.3 Å². The maximum Gasteiger partial charge on any atom is 0.311 e. The molecule has 0 saturated carbocycles. The Balaban J connectivity index is 2.21. The summed E-state index contributed by atoms with van der Waals surface area (Å²) < 4.78 is 5.22. The monoisotopic (exact) mass is 244 g/mol. The van der Waals surface area contributed by atoms with E-state index in [1.54, 1.807) is 18.4 Å². The number of carboxylic acids is 1. The van der Waals surface area contributed by atoms with Gasteiger partial charge >= 0.3 is 5.97 Å². The van der Waals surface area contributed by atoms with Gasteiger partial charge in [-0.3, -0.25) is 4.79 Å². The van der Waals surface area contributed by atoms with Crippen LogP contribution in [0.4, 0.5) is 0 Å². The number of hydrogen-bond donors (Lipinski definition) is 1. The first kappa shape index (κ1) is 12.4. The van der Waals surface area contributed by atoms with Gasteiger partial charge in [-0.05, 0) is 29.7 Å². The Hall–Kier alpha value is -2.03. The molecule has 0 aliphatic carbocycles. The predicted molar refractivity (Wildman–Crippen MR) is 68.6 cm³/mol. The Bertz CT molecular complexity index is 497. The van der Waals surface area contributed by atoms with Gasteiger partial charge in [-0.25, -0.2) is 0 Å². The third-order valence-corrected chi connectivity index (χ3v) is 3.07. The van der Waals surface area contributed by atoms with Crippen LogP contribution in [-0.2, 0) is 17.6 Å². The molecule has 0 fully saturated rings. The van der Waals surface area contributed by atoms with E-state index in [0.29, 0.717) is 12.2 Å². The van der Waals surface area contributed by atoms with Crippen molar-refractivity contribution in [3.63, 3.8) is 0 Å². The van der Waals surface area contributed by atoms with Crippen molar-refractivity contribution in [3.05, 3.63) is 59.5 Å². The molecule has 1 aromatic heterocycles. The van der Waals surface area contributed by atoms with E-state index in [4.69, 9.17) is 4.42 Å². The van der Waals surface area contributed by atoms with E-state index in [1.807, 2.05) is 24.3 Å². The topological polar surface area (TPSA) is 50.4 Å². The second-order valence-electron chi connectivity index (χ2n) is 4.27. The first-order chi connectivity index (χ1) is 8.70. The van der Waals surface area contributed by atoms with E-state index in [0.717, 1.165) is 12.0 Å². The SMILES string of the molecule is CCc1ccc(C(Cc2ccco2)C(=O)O)cc1. The average Bonchev–Trinajstić information content (AvgIpc) is 2.89. The maximum atomic E-state index is 11.3. The van der Waals surface area contributed by atoms with Crippen LogP contribution in [-0.4, -0.2) is 11.1 Å². The van der Waals surface area contributed by atoms with E-state index in [1.165, 1.54) is 5.56 Å². The molecule has 3 nitrogen and oxygen atoms in total. The quantitative estimate of drug-likeness (QED) is 0.878. The van der Waals surface area contributed by atoms with Crippen molar-refractivity contribution in [1.29, 1.82) is 0 Å². The highest BCUT2D eigenvalue weighted by molar-refractivity contribution is 5.76. The highest BCUT2D eigenvalue weighted by Crippen LogP contribution is 2.22. The van der Waals surface area contributed by atoms with Gasteiger partial charge in [0.05, 0.1) is 12.2 Å². The summed E-state index contributed by atoms with van der Waals surface area (Å²) in [5.41, 5.74) is 2.02. The lowest BCUT2D eigenvalue weighted by molar-refractivity contribution is -0.138. The summed E-state index contributed by atoms with van der Waals surface area (Å²) in [6, 6.07) is 11.3. The highest BCUT2D eigenvalue weighted by atomic mass is 16.4. The van der Waals surface area contributed by atoms with Crippen molar-refractivity contribution in [1.82, 2.24) is 0 Å². The smallest absolute Gasteiger partial charge is 0.311 e. The van der Waals surface area contributed by atoms with Crippen molar-refractivity contribution in [2.45, 2.75) is 25.7 Å². The molecule has 0 aliphatic heterocycles. The number of hydrogen-bond acceptors (Lipinski definition) is 2. The summed E-state index contributed by atoms with van der Waals surface area (Å²) in [6.45, 7) is 2.08. The predicted octanol–water partition coefficient (Wildman–Crippen LogP) is 3.25. The van der Waals surface area contributed by atoms with Crippen LogP contribution in [0.1, 0.15) is 29.7 Å². The number of furan rings is 1. The number of rotatable bonds is 5. The largest absolute Gasteiger partial charge is 0.481 e. The lowest BCUT2D eigenvalue weighted by atomic mass is 9.93. The van der Waals surface area contributed by atoms with Crippen LogP contribution in [0.2, 0.25) is 0 Å².